The normalized spacial score (nSPS) is 13.6. The van der Waals surface area contributed by atoms with Gasteiger partial charge in [-0.2, -0.15) is 0 Å². The van der Waals surface area contributed by atoms with Gasteiger partial charge in [0.25, 0.3) is 5.91 Å². The molecule has 3 atom stereocenters. The van der Waals surface area contributed by atoms with Crippen LogP contribution in [0.5, 0.6) is 0 Å². The molecule has 3 aromatic rings. The van der Waals surface area contributed by atoms with Crippen molar-refractivity contribution in [2.24, 2.45) is 0 Å². The van der Waals surface area contributed by atoms with Crippen LogP contribution in [0.15, 0.2) is 72.8 Å². The molecule has 0 saturated carbocycles. The number of hydrogen-bond donors (Lipinski definition) is 4. The van der Waals surface area contributed by atoms with Gasteiger partial charge in [-0.1, -0.05) is 76.1 Å². The number of nitrogens with one attached hydrogen (secondary N) is 3. The Balaban J connectivity index is 1.87. The van der Waals surface area contributed by atoms with Crippen molar-refractivity contribution in [1.82, 2.24) is 16.0 Å². The number of rotatable bonds is 19. The number of aliphatic hydroxyl groups is 1. The number of halogens is 2. The number of amides is 2. The summed E-state index contributed by atoms with van der Waals surface area (Å²) in [6.45, 7) is 6.25. The zero-order chi connectivity index (χ0) is 34.4. The summed E-state index contributed by atoms with van der Waals surface area (Å²) < 4.78 is 55.3. The smallest absolute Gasteiger partial charge is 0.251 e. The first kappa shape index (κ1) is 37.8. The van der Waals surface area contributed by atoms with Crippen molar-refractivity contribution >= 4 is 21.7 Å². The van der Waals surface area contributed by atoms with Crippen LogP contribution >= 0.6 is 0 Å². The Bertz CT molecular complexity index is 1530. The number of sulfone groups is 1. The van der Waals surface area contributed by atoms with E-state index in [0.717, 1.165) is 35.7 Å². The molecule has 4 N–H and O–H groups in total. The quantitative estimate of drug-likeness (QED) is 0.144. The maximum absolute atomic E-state index is 14.1. The minimum atomic E-state index is -3.85. The predicted octanol–water partition coefficient (Wildman–Crippen LogP) is 4.89. The van der Waals surface area contributed by atoms with Crippen molar-refractivity contribution in [2.45, 2.75) is 89.3 Å². The van der Waals surface area contributed by atoms with Crippen LogP contribution in [0.2, 0.25) is 0 Å². The van der Waals surface area contributed by atoms with E-state index in [1.54, 1.807) is 30.3 Å². The molecule has 0 radical (unpaired) electrons. The molecule has 3 aromatic carbocycles. The number of aryl methyl sites for hydroxylation is 1. The molecule has 1 unspecified atom stereocenters. The number of benzene rings is 3. The second-order valence-corrected chi connectivity index (χ2v) is 14.2. The summed E-state index contributed by atoms with van der Waals surface area (Å²) in [7, 11) is -3.85. The highest BCUT2D eigenvalue weighted by Gasteiger charge is 2.34. The molecule has 2 amide bonds. The lowest BCUT2D eigenvalue weighted by molar-refractivity contribution is -0.124. The number of aliphatic hydroxyl groups excluding tert-OH is 1. The molecule has 0 bridgehead atoms. The first-order chi connectivity index (χ1) is 22.4. The van der Waals surface area contributed by atoms with Crippen molar-refractivity contribution in [3.63, 3.8) is 0 Å². The molecule has 0 spiro atoms. The van der Waals surface area contributed by atoms with Crippen LogP contribution in [0.3, 0.4) is 0 Å². The Labute approximate surface area is 277 Å². The van der Waals surface area contributed by atoms with Crippen molar-refractivity contribution in [3.05, 3.63) is 107 Å². The van der Waals surface area contributed by atoms with Crippen LogP contribution in [0.25, 0.3) is 0 Å². The molecule has 11 heteroatoms. The highest BCUT2D eigenvalue weighted by Crippen LogP contribution is 2.18. The third-order valence-corrected chi connectivity index (χ3v) is 10.3. The summed E-state index contributed by atoms with van der Waals surface area (Å²) in [6, 6.07) is 16.4. The van der Waals surface area contributed by atoms with Crippen molar-refractivity contribution in [3.8, 4) is 0 Å². The molecule has 0 heterocycles. The van der Waals surface area contributed by atoms with E-state index in [1.165, 1.54) is 0 Å². The number of hydrogen-bond acceptors (Lipinski definition) is 6. The summed E-state index contributed by atoms with van der Waals surface area (Å²) in [4.78, 5) is 27.0. The van der Waals surface area contributed by atoms with E-state index in [-0.39, 0.29) is 24.1 Å². The molecule has 0 aliphatic heterocycles. The van der Waals surface area contributed by atoms with Gasteiger partial charge in [0.2, 0.25) is 5.91 Å². The first-order valence-corrected chi connectivity index (χ1v) is 18.0. The SMILES string of the molecule is CCCC(CCC)S(=O)(=O)CC(NC(=O)c1ccccc1)C(=O)N[C@@H](Cc1cc(F)cc(F)c1)[C@H](O)CNCc1cccc(CC)c1. The zero-order valence-electron chi connectivity index (χ0n) is 27.3. The van der Waals surface area contributed by atoms with Gasteiger partial charge in [0, 0.05) is 24.7 Å². The number of carbonyl (C=O) groups excluding carboxylic acids is 2. The summed E-state index contributed by atoms with van der Waals surface area (Å²) in [5.74, 6) is -3.74. The monoisotopic (exact) mass is 671 g/mol. The molecule has 3 rings (SSSR count). The summed E-state index contributed by atoms with van der Waals surface area (Å²) in [5.41, 5.74) is 2.57. The van der Waals surface area contributed by atoms with E-state index in [1.807, 2.05) is 45.0 Å². The molecule has 8 nitrogen and oxygen atoms in total. The molecule has 0 fully saturated rings. The third kappa shape index (κ3) is 12.1. The minimum absolute atomic E-state index is 0.00745. The fraction of sp³-hybridized carbons (Fsp3) is 0.444. The second-order valence-electron chi connectivity index (χ2n) is 11.9. The van der Waals surface area contributed by atoms with Gasteiger partial charge in [0.1, 0.15) is 17.7 Å². The average molecular weight is 672 g/mol. The highest BCUT2D eigenvalue weighted by atomic mass is 32.2. The van der Waals surface area contributed by atoms with Crippen LogP contribution in [0, 0.1) is 11.6 Å². The molecule has 0 saturated heterocycles. The van der Waals surface area contributed by atoms with Gasteiger partial charge in [-0.15, -0.1) is 0 Å². The van der Waals surface area contributed by atoms with Crippen LogP contribution in [-0.2, 0) is 34.0 Å². The molecular weight excluding hydrogens is 624 g/mol. The van der Waals surface area contributed by atoms with Crippen LogP contribution in [0.1, 0.15) is 73.5 Å². The molecule has 47 heavy (non-hydrogen) atoms. The highest BCUT2D eigenvalue weighted by molar-refractivity contribution is 7.92. The lowest BCUT2D eigenvalue weighted by Gasteiger charge is -2.28. The van der Waals surface area contributed by atoms with E-state index in [9.17, 15) is 31.9 Å². The third-order valence-electron chi connectivity index (χ3n) is 8.04. The van der Waals surface area contributed by atoms with E-state index < -0.39 is 62.5 Å². The first-order valence-electron chi connectivity index (χ1n) is 16.2. The van der Waals surface area contributed by atoms with Gasteiger partial charge in [0.05, 0.1) is 23.1 Å². The van der Waals surface area contributed by atoms with Crippen molar-refractivity contribution in [1.29, 1.82) is 0 Å². The van der Waals surface area contributed by atoms with Gasteiger partial charge in [-0.25, -0.2) is 17.2 Å². The molecule has 0 aliphatic carbocycles. The van der Waals surface area contributed by atoms with Crippen molar-refractivity contribution < 1.29 is 31.9 Å². The van der Waals surface area contributed by atoms with Gasteiger partial charge in [-0.05, 0) is 66.6 Å². The Kier molecular flexibility index (Phi) is 15.0. The maximum atomic E-state index is 14.1. The standard InChI is InChI=1S/C36H47F2N3O5S/c1-4-11-31(12-5-2)47(45,46)24-33(41-35(43)28-15-8-7-9-16-28)36(44)40-32(20-27-18-29(37)21-30(38)19-27)34(42)23-39-22-26-14-10-13-25(6-3)17-26/h7-10,13-19,21,31-34,39,42H,4-6,11-12,20,22-24H2,1-3H3,(H,40,44)(H,41,43)/t32-,33?,34+/m0/s1. The Morgan fingerprint density at radius 3 is 2.06 bits per heavy atom. The Morgan fingerprint density at radius 2 is 1.45 bits per heavy atom. The average Bonchev–Trinajstić information content (AvgIpc) is 3.03. The largest absolute Gasteiger partial charge is 0.390 e. The van der Waals surface area contributed by atoms with Crippen LogP contribution < -0.4 is 16.0 Å². The fourth-order valence-corrected chi connectivity index (χ4v) is 7.71. The maximum Gasteiger partial charge on any atom is 0.251 e. The lowest BCUT2D eigenvalue weighted by Crippen LogP contribution is -2.57. The molecular formula is C36H47F2N3O5S. The molecule has 0 aliphatic rings. The minimum Gasteiger partial charge on any atom is -0.390 e. The molecule has 0 aromatic heterocycles. The van der Waals surface area contributed by atoms with Gasteiger partial charge >= 0.3 is 0 Å². The van der Waals surface area contributed by atoms with Gasteiger partial charge in [0.15, 0.2) is 9.84 Å². The number of carbonyl (C=O) groups is 2. The Morgan fingerprint density at radius 1 is 0.809 bits per heavy atom. The predicted molar refractivity (Wildman–Crippen MR) is 181 cm³/mol. The fourth-order valence-electron chi connectivity index (χ4n) is 5.55. The van der Waals surface area contributed by atoms with E-state index >= 15 is 0 Å². The van der Waals surface area contributed by atoms with E-state index in [4.69, 9.17) is 0 Å². The van der Waals surface area contributed by atoms with E-state index in [0.29, 0.717) is 32.2 Å². The van der Waals surface area contributed by atoms with Gasteiger partial charge < -0.3 is 21.1 Å². The topological polar surface area (TPSA) is 125 Å². The summed E-state index contributed by atoms with van der Waals surface area (Å²) in [6.07, 6.45) is 1.55. The summed E-state index contributed by atoms with van der Waals surface area (Å²) >= 11 is 0. The lowest BCUT2D eigenvalue weighted by atomic mass is 10.00. The van der Waals surface area contributed by atoms with Crippen LogP contribution in [0.4, 0.5) is 8.78 Å². The van der Waals surface area contributed by atoms with E-state index in [2.05, 4.69) is 16.0 Å². The molecule has 256 valence electrons. The zero-order valence-corrected chi connectivity index (χ0v) is 28.2. The summed E-state index contributed by atoms with van der Waals surface area (Å²) in [5, 5.41) is 19.0. The van der Waals surface area contributed by atoms with Crippen molar-refractivity contribution in [2.75, 3.05) is 12.3 Å². The van der Waals surface area contributed by atoms with Gasteiger partial charge in [-0.3, -0.25) is 9.59 Å². The van der Waals surface area contributed by atoms with Crippen LogP contribution in [-0.4, -0.2) is 61.1 Å². The second kappa shape index (κ2) is 18.6. The Hall–Kier alpha value is -3.67.